The lowest BCUT2D eigenvalue weighted by Crippen LogP contribution is -2.58. The van der Waals surface area contributed by atoms with Crippen LogP contribution in [0, 0.1) is 11.2 Å². The van der Waals surface area contributed by atoms with Crippen molar-refractivity contribution in [2.75, 3.05) is 31.6 Å². The summed E-state index contributed by atoms with van der Waals surface area (Å²) in [4.78, 5) is 15.6. The Morgan fingerprint density at radius 1 is 1.08 bits per heavy atom. The van der Waals surface area contributed by atoms with E-state index in [-0.39, 0.29) is 17.1 Å². The summed E-state index contributed by atoms with van der Waals surface area (Å²) in [5.74, 6) is -0.116. The van der Waals surface area contributed by atoms with Crippen LogP contribution >= 0.6 is 0 Å². The molecule has 7 heteroatoms. The van der Waals surface area contributed by atoms with Crippen molar-refractivity contribution in [2.24, 2.45) is 5.41 Å². The summed E-state index contributed by atoms with van der Waals surface area (Å²) in [6.07, 6.45) is 0.554. The molecule has 1 spiro atoms. The first-order chi connectivity index (χ1) is 12.0. The molecule has 3 fully saturated rings. The minimum Gasteiger partial charge on any atom is -0.399 e. The molecule has 4 rings (SSSR count). The average Bonchev–Trinajstić information content (AvgIpc) is 2.91. The molecule has 140 valence electrons. The molecular weight excluding hydrogens is 334 g/mol. The maximum absolute atomic E-state index is 15.2. The topological polar surface area (TPSA) is 42.0 Å². The molecule has 0 aromatic heterocycles. The highest BCUT2D eigenvalue weighted by atomic mass is 19.1. The van der Waals surface area contributed by atoms with Crippen LogP contribution in [0.1, 0.15) is 34.1 Å². The normalized spacial score (nSPS) is 25.9. The number of nitrogens with zero attached hydrogens (tertiary/aromatic N) is 2. The first-order valence-electron chi connectivity index (χ1n) is 9.17. The smallest absolute Gasteiger partial charge is 0.399 e. The Morgan fingerprint density at radius 3 is 2.23 bits per heavy atom. The van der Waals surface area contributed by atoms with Crippen molar-refractivity contribution >= 4 is 24.2 Å². The van der Waals surface area contributed by atoms with Gasteiger partial charge in [0.1, 0.15) is 5.82 Å². The van der Waals surface area contributed by atoms with Crippen molar-refractivity contribution in [3.63, 3.8) is 0 Å². The third-order valence-corrected chi connectivity index (χ3v) is 6.43. The lowest BCUT2D eigenvalue weighted by molar-refractivity contribution is -0.126. The zero-order valence-electron chi connectivity index (χ0n) is 16.1. The van der Waals surface area contributed by atoms with Gasteiger partial charge in [-0.05, 0) is 33.8 Å². The fraction of sp³-hybridized carbons (Fsp3) is 0.632. The van der Waals surface area contributed by atoms with Crippen LogP contribution in [-0.4, -0.2) is 55.8 Å². The number of halogens is 1. The van der Waals surface area contributed by atoms with E-state index in [4.69, 9.17) is 9.31 Å². The summed E-state index contributed by atoms with van der Waals surface area (Å²) >= 11 is 0. The predicted molar refractivity (Wildman–Crippen MR) is 99.0 cm³/mol. The SMILES string of the molecule is CN1CC2(CC1=O)CN(c1cccc(B3OC(C)(C)C(C)(C)O3)c1F)C2. The van der Waals surface area contributed by atoms with Gasteiger partial charge in [0.2, 0.25) is 5.91 Å². The molecule has 3 aliphatic heterocycles. The highest BCUT2D eigenvalue weighted by molar-refractivity contribution is 6.62. The first-order valence-corrected chi connectivity index (χ1v) is 9.17. The van der Waals surface area contributed by atoms with E-state index in [9.17, 15) is 4.79 Å². The summed E-state index contributed by atoms with van der Waals surface area (Å²) in [6, 6.07) is 5.36. The molecule has 0 radical (unpaired) electrons. The average molecular weight is 360 g/mol. The molecule has 5 nitrogen and oxygen atoms in total. The number of benzene rings is 1. The number of likely N-dealkylation sites (tertiary alicyclic amines) is 1. The van der Waals surface area contributed by atoms with Gasteiger partial charge in [0.05, 0.1) is 16.9 Å². The van der Waals surface area contributed by atoms with Gasteiger partial charge in [-0.15, -0.1) is 0 Å². The Balaban J connectivity index is 1.54. The van der Waals surface area contributed by atoms with E-state index in [2.05, 4.69) is 0 Å². The van der Waals surface area contributed by atoms with Gasteiger partial charge in [-0.1, -0.05) is 12.1 Å². The second-order valence-electron chi connectivity index (χ2n) is 9.05. The predicted octanol–water partition coefficient (Wildman–Crippen LogP) is 1.79. The van der Waals surface area contributed by atoms with Gasteiger partial charge in [-0.25, -0.2) is 4.39 Å². The molecule has 1 amide bonds. The number of hydrogen-bond donors (Lipinski definition) is 0. The molecule has 0 N–H and O–H groups in total. The summed E-state index contributed by atoms with van der Waals surface area (Å²) in [5.41, 5.74) is -0.0455. The van der Waals surface area contributed by atoms with Gasteiger partial charge in [0.25, 0.3) is 0 Å². The van der Waals surface area contributed by atoms with Crippen molar-refractivity contribution in [3.05, 3.63) is 24.0 Å². The van der Waals surface area contributed by atoms with Crippen molar-refractivity contribution in [1.82, 2.24) is 4.90 Å². The van der Waals surface area contributed by atoms with E-state index in [1.807, 2.05) is 45.7 Å². The molecule has 26 heavy (non-hydrogen) atoms. The lowest BCUT2D eigenvalue weighted by atomic mass is 9.76. The van der Waals surface area contributed by atoms with Crippen LogP contribution < -0.4 is 10.4 Å². The summed E-state index contributed by atoms with van der Waals surface area (Å²) in [5, 5.41) is 0. The standard InChI is InChI=1S/C19H26BFN2O3/c1-17(2)18(3,4)26-20(25-17)13-7-6-8-14(16(13)21)23-11-19(12-23)9-15(24)22(5)10-19/h6-8H,9-12H2,1-5H3. The van der Waals surface area contributed by atoms with E-state index >= 15 is 4.39 Å². The number of carbonyl (C=O) groups is 1. The molecule has 3 saturated heterocycles. The number of carbonyl (C=O) groups excluding carboxylic acids is 1. The summed E-state index contributed by atoms with van der Waals surface area (Å²) in [6.45, 7) is 9.99. The van der Waals surface area contributed by atoms with E-state index < -0.39 is 18.3 Å². The van der Waals surface area contributed by atoms with Gasteiger partial charge in [0, 0.05) is 44.0 Å². The maximum Gasteiger partial charge on any atom is 0.497 e. The van der Waals surface area contributed by atoms with Gasteiger partial charge >= 0.3 is 7.12 Å². The van der Waals surface area contributed by atoms with Gasteiger partial charge < -0.3 is 19.1 Å². The molecule has 0 atom stereocenters. The highest BCUT2D eigenvalue weighted by Gasteiger charge is 2.54. The Labute approximate surface area is 154 Å². The Bertz CT molecular complexity index is 745. The number of hydrogen-bond acceptors (Lipinski definition) is 4. The molecule has 1 aromatic carbocycles. The zero-order chi connectivity index (χ0) is 18.9. The van der Waals surface area contributed by atoms with Crippen LogP contribution in [0.5, 0.6) is 0 Å². The van der Waals surface area contributed by atoms with Crippen LogP contribution in [0.4, 0.5) is 10.1 Å². The minimum absolute atomic E-state index is 0.0291. The Hall–Kier alpha value is -1.60. The van der Waals surface area contributed by atoms with Crippen LogP contribution in [0.2, 0.25) is 0 Å². The molecule has 3 heterocycles. The van der Waals surface area contributed by atoms with Gasteiger partial charge in [-0.3, -0.25) is 4.79 Å². The molecule has 1 aromatic rings. The second-order valence-corrected chi connectivity index (χ2v) is 9.05. The molecule has 0 bridgehead atoms. The van der Waals surface area contributed by atoms with Crippen LogP contribution in [-0.2, 0) is 14.1 Å². The molecule has 0 aliphatic carbocycles. The quantitative estimate of drug-likeness (QED) is 0.755. The second kappa shape index (κ2) is 5.46. The van der Waals surface area contributed by atoms with E-state index in [1.54, 1.807) is 17.0 Å². The summed E-state index contributed by atoms with van der Waals surface area (Å²) in [7, 11) is 1.12. The van der Waals surface area contributed by atoms with E-state index in [0.29, 0.717) is 30.7 Å². The fourth-order valence-corrected chi connectivity index (χ4v) is 4.18. The maximum atomic E-state index is 15.2. The largest absolute Gasteiger partial charge is 0.497 e. The number of anilines is 1. The fourth-order valence-electron chi connectivity index (χ4n) is 4.18. The number of amides is 1. The molecular formula is C19H26BFN2O3. The van der Waals surface area contributed by atoms with Crippen molar-refractivity contribution < 1.29 is 18.5 Å². The van der Waals surface area contributed by atoms with E-state index in [0.717, 1.165) is 6.54 Å². The third kappa shape index (κ3) is 2.55. The molecule has 3 aliphatic rings. The molecule has 0 unspecified atom stereocenters. The van der Waals surface area contributed by atoms with Gasteiger partial charge in [0.15, 0.2) is 0 Å². The summed E-state index contributed by atoms with van der Waals surface area (Å²) < 4.78 is 27.3. The van der Waals surface area contributed by atoms with E-state index in [1.165, 1.54) is 0 Å². The minimum atomic E-state index is -0.714. The Morgan fingerprint density at radius 2 is 1.69 bits per heavy atom. The van der Waals surface area contributed by atoms with Crippen LogP contribution in [0.25, 0.3) is 0 Å². The monoisotopic (exact) mass is 360 g/mol. The van der Waals surface area contributed by atoms with Crippen molar-refractivity contribution in [3.8, 4) is 0 Å². The highest BCUT2D eigenvalue weighted by Crippen LogP contribution is 2.43. The Kier molecular flexibility index (Phi) is 3.74. The third-order valence-electron chi connectivity index (χ3n) is 6.43. The number of rotatable bonds is 2. The van der Waals surface area contributed by atoms with Crippen molar-refractivity contribution in [2.45, 2.75) is 45.3 Å². The van der Waals surface area contributed by atoms with Crippen LogP contribution in [0.15, 0.2) is 18.2 Å². The molecule has 0 saturated carbocycles. The lowest BCUT2D eigenvalue weighted by Gasteiger charge is -2.49. The zero-order valence-corrected chi connectivity index (χ0v) is 16.1. The van der Waals surface area contributed by atoms with Gasteiger partial charge in [-0.2, -0.15) is 0 Å². The first kappa shape index (κ1) is 17.8. The van der Waals surface area contributed by atoms with Crippen molar-refractivity contribution in [1.29, 1.82) is 0 Å². The van der Waals surface area contributed by atoms with Crippen LogP contribution in [0.3, 0.4) is 0 Å².